The molecule has 0 aliphatic heterocycles. The first kappa shape index (κ1) is 17.9. The van der Waals surface area contributed by atoms with Gasteiger partial charge < -0.3 is 10.1 Å². The van der Waals surface area contributed by atoms with E-state index in [0.29, 0.717) is 12.7 Å². The fourth-order valence-corrected chi connectivity index (χ4v) is 2.34. The fraction of sp³-hybridized carbons (Fsp3) is 0.235. The summed E-state index contributed by atoms with van der Waals surface area (Å²) in [5.41, 5.74) is -0.245. The van der Waals surface area contributed by atoms with Crippen molar-refractivity contribution in [1.82, 2.24) is 9.88 Å². The zero-order chi connectivity index (χ0) is 17.7. The molecular weight excluding hydrogens is 331 g/mol. The molecule has 0 radical (unpaired) electrons. The van der Waals surface area contributed by atoms with Crippen LogP contribution >= 0.6 is 12.6 Å². The third-order valence-corrected chi connectivity index (χ3v) is 4.25. The predicted molar refractivity (Wildman–Crippen MR) is 92.2 cm³/mol. The quantitative estimate of drug-likeness (QED) is 0.478. The highest BCUT2D eigenvalue weighted by atomic mass is 32.1. The molecule has 0 saturated carbocycles. The summed E-state index contributed by atoms with van der Waals surface area (Å²) in [5, 5.41) is 2.66. The van der Waals surface area contributed by atoms with Gasteiger partial charge in [0.1, 0.15) is 12.1 Å². The molecule has 1 atom stereocenters. The van der Waals surface area contributed by atoms with Crippen molar-refractivity contribution in [2.75, 3.05) is 0 Å². The van der Waals surface area contributed by atoms with Gasteiger partial charge in [-0.2, -0.15) is 12.6 Å². The minimum atomic E-state index is -0.974. The lowest BCUT2D eigenvalue weighted by Crippen LogP contribution is -2.44. The molecule has 7 heteroatoms. The zero-order valence-electron chi connectivity index (χ0n) is 13.0. The molecule has 0 saturated heterocycles. The van der Waals surface area contributed by atoms with Gasteiger partial charge in [-0.25, -0.2) is 4.39 Å². The number of para-hydroxylation sites is 1. The maximum atomic E-state index is 13.9. The van der Waals surface area contributed by atoms with Crippen LogP contribution in [-0.2, 0) is 4.79 Å². The fourth-order valence-electron chi connectivity index (χ4n) is 2.16. The molecule has 1 aromatic heterocycles. The molecule has 2 aromatic rings. The van der Waals surface area contributed by atoms with Gasteiger partial charge in [0.05, 0.1) is 16.1 Å². The van der Waals surface area contributed by atoms with Crippen molar-refractivity contribution in [3.63, 3.8) is 0 Å². The maximum Gasteiger partial charge on any atom is 0.255 e. The van der Waals surface area contributed by atoms with Crippen LogP contribution in [0.15, 0.2) is 47.4 Å². The number of pyridine rings is 1. The number of nitrogens with one attached hydrogen (secondary N) is 1. The summed E-state index contributed by atoms with van der Waals surface area (Å²) in [5.74, 6) is -1.07. The number of nitrogens with zero attached hydrogens (tertiary/aromatic N) is 1. The lowest BCUT2D eigenvalue weighted by molar-refractivity contribution is -0.108. The van der Waals surface area contributed by atoms with Crippen LogP contribution in [0.5, 0.6) is 0 Å². The Hall–Kier alpha value is -2.41. The summed E-state index contributed by atoms with van der Waals surface area (Å²) in [4.78, 5) is 34.1. The number of carbonyl (C=O) groups is 2. The Balaban J connectivity index is 2.38. The van der Waals surface area contributed by atoms with Crippen LogP contribution in [0.4, 0.5) is 4.39 Å². The first-order valence-electron chi connectivity index (χ1n) is 7.36. The van der Waals surface area contributed by atoms with Crippen LogP contribution in [0.25, 0.3) is 5.69 Å². The summed E-state index contributed by atoms with van der Waals surface area (Å²) >= 11 is 4.33. The highest BCUT2D eigenvalue weighted by molar-refractivity contribution is 7.81. The smallest absolute Gasteiger partial charge is 0.255 e. The molecule has 0 spiro atoms. The topological polar surface area (TPSA) is 68.2 Å². The van der Waals surface area contributed by atoms with E-state index in [1.54, 1.807) is 13.0 Å². The molecular formula is C17H17FN2O3S. The van der Waals surface area contributed by atoms with E-state index in [1.165, 1.54) is 36.5 Å². The van der Waals surface area contributed by atoms with Crippen molar-refractivity contribution in [2.45, 2.75) is 24.6 Å². The number of amides is 1. The summed E-state index contributed by atoms with van der Waals surface area (Å²) in [7, 11) is 0. The normalized spacial score (nSPS) is 13.1. The predicted octanol–water partition coefficient (Wildman–Crippen LogP) is 2.33. The van der Waals surface area contributed by atoms with Crippen molar-refractivity contribution < 1.29 is 14.0 Å². The number of thiol groups is 1. The van der Waals surface area contributed by atoms with Gasteiger partial charge in [0.15, 0.2) is 0 Å². The maximum absolute atomic E-state index is 13.9. The average molecular weight is 348 g/mol. The highest BCUT2D eigenvalue weighted by Crippen LogP contribution is 2.19. The first-order chi connectivity index (χ1) is 11.4. The molecule has 24 heavy (non-hydrogen) atoms. The second kappa shape index (κ2) is 7.44. The van der Waals surface area contributed by atoms with Gasteiger partial charge in [-0.1, -0.05) is 19.1 Å². The molecule has 126 valence electrons. The van der Waals surface area contributed by atoms with Crippen LogP contribution in [-0.4, -0.2) is 21.6 Å². The van der Waals surface area contributed by atoms with E-state index in [2.05, 4.69) is 17.9 Å². The number of hydrogen-bond acceptors (Lipinski definition) is 4. The highest BCUT2D eigenvalue weighted by Gasteiger charge is 2.25. The molecule has 1 aromatic carbocycles. The molecule has 0 aliphatic carbocycles. The number of benzene rings is 1. The molecule has 1 unspecified atom stereocenters. The Bertz CT molecular complexity index is 821. The third-order valence-electron chi connectivity index (χ3n) is 3.64. The molecule has 2 rings (SSSR count). The van der Waals surface area contributed by atoms with Gasteiger partial charge >= 0.3 is 0 Å². The number of aldehydes is 1. The second-order valence-electron chi connectivity index (χ2n) is 5.29. The van der Waals surface area contributed by atoms with E-state index in [1.807, 2.05) is 0 Å². The van der Waals surface area contributed by atoms with Gasteiger partial charge in [0.2, 0.25) is 0 Å². The lowest BCUT2D eigenvalue weighted by atomic mass is 10.1. The Morgan fingerprint density at radius 3 is 2.67 bits per heavy atom. The van der Waals surface area contributed by atoms with Gasteiger partial charge in [-0.05, 0) is 24.6 Å². The minimum Gasteiger partial charge on any atom is -0.337 e. The van der Waals surface area contributed by atoms with E-state index in [-0.39, 0.29) is 17.7 Å². The van der Waals surface area contributed by atoms with Crippen molar-refractivity contribution in [1.29, 1.82) is 0 Å². The van der Waals surface area contributed by atoms with E-state index in [0.717, 1.165) is 4.57 Å². The monoisotopic (exact) mass is 348 g/mol. The molecule has 0 bridgehead atoms. The molecule has 1 amide bonds. The van der Waals surface area contributed by atoms with Crippen LogP contribution in [0.3, 0.4) is 0 Å². The van der Waals surface area contributed by atoms with Crippen LogP contribution < -0.4 is 10.9 Å². The number of hydrogen-bond donors (Lipinski definition) is 2. The summed E-state index contributed by atoms with van der Waals surface area (Å²) < 4.78 is 15.0. The van der Waals surface area contributed by atoms with E-state index >= 15 is 0 Å². The standard InChI is InChI=1S/C17H17FN2O3S/c1-2-17(24,9-10-21)19-16(23)12-7-8-15(22)20(11-12)14-6-4-3-5-13(14)18/h3-8,10-11,24H,2,9H2,1H3,(H,19,23). The molecule has 0 fully saturated rings. The number of rotatable bonds is 6. The SMILES string of the molecule is CCC(S)(CC=O)NC(=O)c1ccc(=O)n(-c2ccccc2F)c1. The van der Waals surface area contributed by atoms with E-state index in [9.17, 15) is 18.8 Å². The van der Waals surface area contributed by atoms with Crippen LogP contribution in [0, 0.1) is 5.82 Å². The summed E-state index contributed by atoms with van der Waals surface area (Å²) in [6.45, 7) is 1.79. The largest absolute Gasteiger partial charge is 0.337 e. The number of halogens is 1. The molecule has 5 nitrogen and oxygen atoms in total. The van der Waals surface area contributed by atoms with Crippen molar-refractivity contribution in [3.05, 3.63) is 64.3 Å². The minimum absolute atomic E-state index is 0.0469. The Morgan fingerprint density at radius 2 is 2.04 bits per heavy atom. The molecule has 0 aliphatic rings. The first-order valence-corrected chi connectivity index (χ1v) is 7.81. The summed E-state index contributed by atoms with van der Waals surface area (Å²) in [6, 6.07) is 8.31. The van der Waals surface area contributed by atoms with Gasteiger partial charge in [0, 0.05) is 18.7 Å². The molecule has 1 heterocycles. The Labute approximate surface area is 143 Å². The van der Waals surface area contributed by atoms with E-state index < -0.39 is 22.2 Å². The van der Waals surface area contributed by atoms with Crippen LogP contribution in [0.1, 0.15) is 30.1 Å². The Kier molecular flexibility index (Phi) is 5.56. The van der Waals surface area contributed by atoms with Crippen molar-refractivity contribution >= 4 is 24.8 Å². The Morgan fingerprint density at radius 1 is 1.33 bits per heavy atom. The lowest BCUT2D eigenvalue weighted by Gasteiger charge is -2.26. The number of carbonyl (C=O) groups excluding carboxylic acids is 2. The number of aromatic nitrogens is 1. The molecule has 1 N–H and O–H groups in total. The second-order valence-corrected chi connectivity index (χ2v) is 6.14. The summed E-state index contributed by atoms with van der Waals surface area (Å²) in [6.07, 6.45) is 2.43. The van der Waals surface area contributed by atoms with E-state index in [4.69, 9.17) is 0 Å². The average Bonchev–Trinajstić information content (AvgIpc) is 2.56. The van der Waals surface area contributed by atoms with Gasteiger partial charge in [0.25, 0.3) is 11.5 Å². The van der Waals surface area contributed by atoms with Crippen molar-refractivity contribution in [3.8, 4) is 5.69 Å². The van der Waals surface area contributed by atoms with Crippen LogP contribution in [0.2, 0.25) is 0 Å². The third kappa shape index (κ3) is 3.91. The zero-order valence-corrected chi connectivity index (χ0v) is 13.9. The van der Waals surface area contributed by atoms with Gasteiger partial charge in [-0.15, -0.1) is 0 Å². The van der Waals surface area contributed by atoms with Crippen molar-refractivity contribution in [2.24, 2.45) is 0 Å². The van der Waals surface area contributed by atoms with Gasteiger partial charge in [-0.3, -0.25) is 14.2 Å².